The summed E-state index contributed by atoms with van der Waals surface area (Å²) in [7, 11) is 0. The molecule has 1 aromatic carbocycles. The average molecular weight is 785 g/mol. The zero-order valence-electron chi connectivity index (χ0n) is 31.0. The molecule has 18 nitrogen and oxygen atoms in total. The molecule has 0 bridgehead atoms. The van der Waals surface area contributed by atoms with Gasteiger partial charge in [-0.25, -0.2) is 14.3 Å². The van der Waals surface area contributed by atoms with Gasteiger partial charge in [0.2, 0.25) is 5.91 Å². The van der Waals surface area contributed by atoms with E-state index in [1.807, 2.05) is 6.20 Å². The minimum absolute atomic E-state index is 0.0611. The molecule has 7 N–H and O–H groups in total. The number of aromatic nitrogens is 3. The zero-order chi connectivity index (χ0) is 39.9. The van der Waals surface area contributed by atoms with Crippen LogP contribution in [-0.4, -0.2) is 134 Å². The third kappa shape index (κ3) is 14.7. The number of aliphatic carboxylic acids is 1. The van der Waals surface area contributed by atoms with Crippen LogP contribution in [0.1, 0.15) is 75.9 Å². The van der Waals surface area contributed by atoms with E-state index < -0.39 is 78.7 Å². The first-order chi connectivity index (χ1) is 25.5. The Hall–Kier alpha value is -3.91. The van der Waals surface area contributed by atoms with Crippen LogP contribution in [0.3, 0.4) is 0 Å². The van der Waals surface area contributed by atoms with Crippen molar-refractivity contribution in [1.29, 1.82) is 0 Å². The minimum Gasteiger partial charge on any atom is -0.477 e. The fraction of sp³-hybridized carbons (Fsp3) is 0.657. The van der Waals surface area contributed by atoms with Gasteiger partial charge < -0.3 is 55.3 Å². The molecule has 3 amide bonds. The van der Waals surface area contributed by atoms with E-state index in [0.29, 0.717) is 50.6 Å². The number of hydrogen-bond acceptors (Lipinski definition) is 13. The van der Waals surface area contributed by atoms with Gasteiger partial charge in [0.1, 0.15) is 17.8 Å². The molecule has 1 aromatic heterocycles. The molecule has 0 spiro atoms. The molecular weight excluding hydrogens is 732 g/mol. The number of nitrogens with one attached hydrogen (secondary N) is 3. The van der Waals surface area contributed by atoms with Crippen LogP contribution < -0.4 is 16.0 Å². The average Bonchev–Trinajstić information content (AvgIpc) is 3.55. The number of carbonyl (C=O) groups is 4. The molecule has 1 saturated heterocycles. The van der Waals surface area contributed by atoms with Crippen LogP contribution >= 0.6 is 11.6 Å². The van der Waals surface area contributed by atoms with E-state index in [1.54, 1.807) is 37.6 Å². The van der Waals surface area contributed by atoms with Crippen LogP contribution in [-0.2, 0) is 41.5 Å². The maximum atomic E-state index is 12.5. The van der Waals surface area contributed by atoms with Crippen molar-refractivity contribution in [3.8, 4) is 0 Å². The summed E-state index contributed by atoms with van der Waals surface area (Å²) in [5.74, 6) is -5.13. The number of ether oxygens (including phenoxy) is 4. The third-order valence-electron chi connectivity index (χ3n) is 8.19. The van der Waals surface area contributed by atoms with Gasteiger partial charge in [0.05, 0.1) is 50.3 Å². The molecule has 0 saturated carbocycles. The smallest absolute Gasteiger partial charge is 0.407 e. The maximum Gasteiger partial charge on any atom is 0.407 e. The van der Waals surface area contributed by atoms with Gasteiger partial charge in [-0.3, -0.25) is 9.59 Å². The lowest BCUT2D eigenvalue weighted by atomic mass is 9.88. The zero-order valence-corrected chi connectivity index (χ0v) is 31.8. The van der Waals surface area contributed by atoms with Gasteiger partial charge in [0.25, 0.3) is 11.7 Å². The van der Waals surface area contributed by atoms with Crippen molar-refractivity contribution in [2.75, 3.05) is 32.9 Å². The summed E-state index contributed by atoms with van der Waals surface area (Å²) in [6.07, 6.45) is -2.63. The van der Waals surface area contributed by atoms with Crippen LogP contribution in [0.15, 0.2) is 30.5 Å². The number of hydrogen-bond donors (Lipinski definition) is 7. The quantitative estimate of drug-likeness (QED) is 0.0879. The Bertz CT molecular complexity index is 1520. The molecule has 3 rings (SSSR count). The Kier molecular flexibility index (Phi) is 17.5. The third-order valence-corrected chi connectivity index (χ3v) is 8.42. The van der Waals surface area contributed by atoms with Gasteiger partial charge in [-0.05, 0) is 58.2 Å². The highest BCUT2D eigenvalue weighted by Gasteiger charge is 2.55. The number of halogens is 1. The van der Waals surface area contributed by atoms with E-state index in [0.717, 1.165) is 18.5 Å². The van der Waals surface area contributed by atoms with Crippen LogP contribution in [0.2, 0.25) is 5.02 Å². The maximum absolute atomic E-state index is 12.5. The first kappa shape index (κ1) is 44.5. The Morgan fingerprint density at radius 2 is 1.83 bits per heavy atom. The normalized spacial score (nSPS) is 21.1. The summed E-state index contributed by atoms with van der Waals surface area (Å²) in [4.78, 5) is 48.6. The molecule has 0 aliphatic carbocycles. The number of rotatable bonds is 21. The number of benzene rings is 1. The molecule has 1 aliphatic heterocycles. The Labute approximate surface area is 318 Å². The number of amides is 3. The van der Waals surface area contributed by atoms with Crippen molar-refractivity contribution in [2.24, 2.45) is 0 Å². The van der Waals surface area contributed by atoms with Gasteiger partial charge in [0.15, 0.2) is 0 Å². The van der Waals surface area contributed by atoms with E-state index in [4.69, 9.17) is 30.5 Å². The predicted molar refractivity (Wildman–Crippen MR) is 192 cm³/mol. The van der Waals surface area contributed by atoms with E-state index in [-0.39, 0.29) is 12.2 Å². The molecular formula is C35H53ClN6O12. The summed E-state index contributed by atoms with van der Waals surface area (Å²) in [6.45, 7) is 7.50. The highest BCUT2D eigenvalue weighted by Crippen LogP contribution is 2.34. The summed E-state index contributed by atoms with van der Waals surface area (Å²) in [5.41, 5.74) is 0.440. The largest absolute Gasteiger partial charge is 0.477 e. The Balaban J connectivity index is 1.43. The lowest BCUT2D eigenvalue weighted by molar-refractivity contribution is -0.310. The highest BCUT2D eigenvalue weighted by molar-refractivity contribution is 6.30. The number of aliphatic hydroxyl groups is 3. The van der Waals surface area contributed by atoms with Crippen molar-refractivity contribution in [3.05, 3.63) is 46.7 Å². The van der Waals surface area contributed by atoms with Gasteiger partial charge in [0, 0.05) is 43.2 Å². The number of carboxylic acids is 1. The fourth-order valence-electron chi connectivity index (χ4n) is 5.58. The summed E-state index contributed by atoms with van der Waals surface area (Å²) >= 11 is 5.94. The Morgan fingerprint density at radius 3 is 2.52 bits per heavy atom. The van der Waals surface area contributed by atoms with Crippen LogP contribution in [0, 0.1) is 0 Å². The second-order valence-corrected chi connectivity index (χ2v) is 14.4. The molecule has 1 aliphatic rings. The lowest BCUT2D eigenvalue weighted by Gasteiger charge is -2.46. The number of carbonyl (C=O) groups excluding carboxylic acids is 3. The van der Waals surface area contributed by atoms with Gasteiger partial charge in [-0.15, -0.1) is 5.10 Å². The van der Waals surface area contributed by atoms with Crippen molar-refractivity contribution in [2.45, 2.75) is 115 Å². The molecule has 2 aromatic rings. The van der Waals surface area contributed by atoms with Crippen molar-refractivity contribution in [1.82, 2.24) is 30.9 Å². The first-order valence-corrected chi connectivity index (χ1v) is 18.2. The molecule has 0 unspecified atom stereocenters. The van der Waals surface area contributed by atoms with E-state index in [9.17, 15) is 39.6 Å². The number of nitrogens with zero attached hydrogens (tertiary/aromatic N) is 3. The van der Waals surface area contributed by atoms with Gasteiger partial charge in [-0.1, -0.05) is 35.7 Å². The van der Waals surface area contributed by atoms with Gasteiger partial charge >= 0.3 is 12.1 Å². The van der Waals surface area contributed by atoms with Crippen LogP contribution in [0.4, 0.5) is 4.79 Å². The monoisotopic (exact) mass is 784 g/mol. The Morgan fingerprint density at radius 1 is 1.09 bits per heavy atom. The molecule has 1 fully saturated rings. The van der Waals surface area contributed by atoms with E-state index in [1.165, 1.54) is 19.1 Å². The molecule has 302 valence electrons. The van der Waals surface area contributed by atoms with Crippen molar-refractivity contribution in [3.63, 3.8) is 0 Å². The molecule has 0 radical (unpaired) electrons. The second-order valence-electron chi connectivity index (χ2n) is 13.9. The van der Waals surface area contributed by atoms with Crippen LogP contribution in [0.25, 0.3) is 0 Å². The number of carboxylic acid groups (broad SMARTS) is 1. The molecule has 6 atom stereocenters. The fourth-order valence-corrected chi connectivity index (χ4v) is 5.77. The van der Waals surface area contributed by atoms with E-state index >= 15 is 0 Å². The standard InChI is InChI=1S/C35H53ClN6O12/c1-22(43)39-28-26(44)19-35(32(48)49,53-30(28)29(46)27(45)20-38-31(47)23-10-9-11-24(36)18-23)52-15-8-6-5-7-12-25-21-42(41-40-25)14-17-51-16-13-37-33(50)54-34(2,3)4/h9-11,18,21,26-30,44-46H,5-8,12-17,19-20H2,1-4H3,(H,37,50)(H,38,47)(H,39,43)(H,48,49)/t26-,27+,28+,29+,30+,35+/m0/s1. The molecule has 19 heteroatoms. The van der Waals surface area contributed by atoms with Crippen molar-refractivity contribution < 1.29 is 58.6 Å². The SMILES string of the molecule is CC(=O)N[C@H]1[C@H]([C@H](O)[C@H](O)CNC(=O)c2cccc(Cl)c2)O[C@@](OCCCCCCc2cn(CCOCCNC(=O)OC(C)(C)C)nn2)(C(=O)O)C[C@@H]1O. The number of alkyl carbamates (subject to hydrolysis) is 1. The van der Waals surface area contributed by atoms with E-state index in [2.05, 4.69) is 26.3 Å². The first-order valence-electron chi connectivity index (χ1n) is 17.8. The summed E-state index contributed by atoms with van der Waals surface area (Å²) < 4.78 is 23.9. The molecule has 54 heavy (non-hydrogen) atoms. The number of aliphatic hydroxyl groups excluding tert-OH is 3. The molecule has 2 heterocycles. The lowest BCUT2D eigenvalue weighted by Crippen LogP contribution is -2.68. The predicted octanol–water partition coefficient (Wildman–Crippen LogP) is 1.18. The topological polar surface area (TPSA) is 253 Å². The van der Waals surface area contributed by atoms with Gasteiger partial charge in [-0.2, -0.15) is 0 Å². The number of aryl methyl sites for hydroxylation is 1. The highest BCUT2D eigenvalue weighted by atomic mass is 35.5. The van der Waals surface area contributed by atoms with Crippen LogP contribution in [0.5, 0.6) is 0 Å². The summed E-state index contributed by atoms with van der Waals surface area (Å²) in [6, 6.07) is 4.76. The summed E-state index contributed by atoms with van der Waals surface area (Å²) in [5, 5.41) is 59.1. The van der Waals surface area contributed by atoms with Crippen molar-refractivity contribution >= 4 is 35.5 Å². The second kappa shape index (κ2) is 21.3. The minimum atomic E-state index is -2.39. The number of unbranched alkanes of at least 4 members (excludes halogenated alkanes) is 3.